The van der Waals surface area contributed by atoms with Gasteiger partial charge in [-0.3, -0.25) is 0 Å². The van der Waals surface area contributed by atoms with E-state index >= 15 is 0 Å². The standard InChI is InChI=1S/C10F18O5/c11-3(12,1(29)31-5(15,7(17,18)19)8(20,21)22)33-4(13,14)2(30)32-6(16,9(23,24)25)10(26,27)28. The van der Waals surface area contributed by atoms with Gasteiger partial charge in [0.15, 0.2) is 0 Å². The molecule has 0 bridgehead atoms. The van der Waals surface area contributed by atoms with Crippen LogP contribution in [0.15, 0.2) is 0 Å². The number of hydrogen-bond donors (Lipinski definition) is 0. The SMILES string of the molecule is O=C(OC(F)(C(F)(F)F)C(F)(F)F)C(F)(F)OC(F)(F)C(=O)OC(F)(C(F)(F)F)C(F)(F)F. The lowest BCUT2D eigenvalue weighted by Gasteiger charge is -2.31. The Labute approximate surface area is 165 Å². The number of esters is 2. The van der Waals surface area contributed by atoms with Crippen molar-refractivity contribution in [3.05, 3.63) is 0 Å². The second-order valence-corrected chi connectivity index (χ2v) is 5.10. The average Bonchev–Trinajstić information content (AvgIpc) is 2.48. The van der Waals surface area contributed by atoms with Gasteiger partial charge in [0, 0.05) is 0 Å². The van der Waals surface area contributed by atoms with Crippen LogP contribution in [0.5, 0.6) is 0 Å². The highest BCUT2D eigenvalue weighted by Crippen LogP contribution is 2.49. The smallest absolute Gasteiger partial charge is 0.406 e. The molecule has 5 nitrogen and oxygen atoms in total. The Hall–Kier alpha value is -2.36. The molecule has 0 fully saturated rings. The van der Waals surface area contributed by atoms with E-state index in [9.17, 15) is 88.6 Å². The molecular formula is C10F18O5. The molecule has 0 aliphatic rings. The zero-order valence-corrected chi connectivity index (χ0v) is 13.8. The molecule has 0 radical (unpaired) electrons. The minimum atomic E-state index is -7.42. The molecule has 33 heavy (non-hydrogen) atoms. The van der Waals surface area contributed by atoms with Crippen molar-refractivity contribution in [3.8, 4) is 0 Å². The molecule has 0 aromatic carbocycles. The van der Waals surface area contributed by atoms with Crippen LogP contribution >= 0.6 is 0 Å². The summed E-state index contributed by atoms with van der Waals surface area (Å²) < 4.78 is 228. The van der Waals surface area contributed by atoms with E-state index in [-0.39, 0.29) is 0 Å². The van der Waals surface area contributed by atoms with Crippen molar-refractivity contribution in [3.63, 3.8) is 0 Å². The number of halogens is 18. The van der Waals surface area contributed by atoms with Gasteiger partial charge in [-0.2, -0.15) is 79.0 Å². The number of rotatable bonds is 6. The third-order valence-corrected chi connectivity index (χ3v) is 2.66. The summed E-state index contributed by atoms with van der Waals surface area (Å²) in [7, 11) is 0. The molecule has 0 N–H and O–H groups in total. The number of hydrogen-bond acceptors (Lipinski definition) is 5. The second kappa shape index (κ2) is 8.14. The summed E-state index contributed by atoms with van der Waals surface area (Å²) in [5.41, 5.74) is 0. The van der Waals surface area contributed by atoms with E-state index in [0.717, 1.165) is 0 Å². The molecule has 0 rings (SSSR count). The molecule has 0 saturated carbocycles. The topological polar surface area (TPSA) is 61.8 Å². The minimum absolute atomic E-state index is 1.67. The van der Waals surface area contributed by atoms with E-state index < -0.39 is 60.6 Å². The second-order valence-electron chi connectivity index (χ2n) is 5.10. The molecule has 0 spiro atoms. The average molecular weight is 542 g/mol. The van der Waals surface area contributed by atoms with E-state index in [1.165, 1.54) is 0 Å². The maximum atomic E-state index is 13.1. The van der Waals surface area contributed by atoms with Gasteiger partial charge in [0.1, 0.15) is 0 Å². The van der Waals surface area contributed by atoms with Crippen LogP contribution < -0.4 is 0 Å². The monoisotopic (exact) mass is 542 g/mol. The maximum Gasteiger partial charge on any atom is 0.470 e. The minimum Gasteiger partial charge on any atom is -0.406 e. The van der Waals surface area contributed by atoms with Crippen molar-refractivity contribution < 1.29 is 103 Å². The van der Waals surface area contributed by atoms with Gasteiger partial charge < -0.3 is 9.47 Å². The Morgan fingerprint density at radius 3 is 0.727 bits per heavy atom. The van der Waals surface area contributed by atoms with E-state index in [2.05, 4.69) is 0 Å². The van der Waals surface area contributed by atoms with Crippen molar-refractivity contribution >= 4 is 11.9 Å². The molecule has 0 amide bonds. The fraction of sp³-hybridized carbons (Fsp3) is 0.800. The fourth-order valence-electron chi connectivity index (χ4n) is 1.17. The molecule has 0 aromatic heterocycles. The van der Waals surface area contributed by atoms with Crippen molar-refractivity contribution in [2.75, 3.05) is 0 Å². The largest absolute Gasteiger partial charge is 0.470 e. The third-order valence-electron chi connectivity index (χ3n) is 2.66. The van der Waals surface area contributed by atoms with Crippen LogP contribution in [0, 0.1) is 0 Å². The van der Waals surface area contributed by atoms with Crippen molar-refractivity contribution in [2.24, 2.45) is 0 Å². The Morgan fingerprint density at radius 2 is 0.576 bits per heavy atom. The Balaban J connectivity index is 5.96. The lowest BCUT2D eigenvalue weighted by Crippen LogP contribution is -2.60. The summed E-state index contributed by atoms with van der Waals surface area (Å²) in [5.74, 6) is -24.0. The molecule has 0 aliphatic heterocycles. The summed E-state index contributed by atoms with van der Waals surface area (Å²) in [4.78, 5) is 21.2. The van der Waals surface area contributed by atoms with Crippen LogP contribution in [0.4, 0.5) is 79.0 Å². The first-order chi connectivity index (χ1) is 14.0. The van der Waals surface area contributed by atoms with E-state index in [4.69, 9.17) is 0 Å². The van der Waals surface area contributed by atoms with Gasteiger partial charge in [-0.25, -0.2) is 14.3 Å². The summed E-state index contributed by atoms with van der Waals surface area (Å²) in [6, 6.07) is 0. The van der Waals surface area contributed by atoms with Crippen LogP contribution in [0.3, 0.4) is 0 Å². The van der Waals surface area contributed by atoms with Gasteiger partial charge >= 0.3 is 60.6 Å². The van der Waals surface area contributed by atoms with E-state index in [0.29, 0.717) is 0 Å². The molecule has 0 aliphatic carbocycles. The maximum absolute atomic E-state index is 13.1. The predicted octanol–water partition coefficient (Wildman–Crippen LogP) is 4.86. The van der Waals surface area contributed by atoms with E-state index in [1.807, 2.05) is 0 Å². The first kappa shape index (κ1) is 30.6. The lowest BCUT2D eigenvalue weighted by molar-refractivity contribution is -0.435. The zero-order chi connectivity index (χ0) is 27.3. The molecule has 0 unspecified atom stereocenters. The first-order valence-corrected chi connectivity index (χ1v) is 6.53. The molecule has 23 heteroatoms. The van der Waals surface area contributed by atoms with Crippen LogP contribution in [-0.4, -0.2) is 60.6 Å². The lowest BCUT2D eigenvalue weighted by atomic mass is 10.3. The summed E-state index contributed by atoms with van der Waals surface area (Å²) in [6.07, 6.45) is -43.8. The number of alkyl halides is 18. The molecule has 0 saturated heterocycles. The van der Waals surface area contributed by atoms with E-state index in [1.54, 1.807) is 14.2 Å². The third kappa shape index (κ3) is 5.96. The Morgan fingerprint density at radius 1 is 0.394 bits per heavy atom. The number of carbonyl (C=O) groups excluding carboxylic acids is 2. The highest BCUT2D eigenvalue weighted by atomic mass is 19.4. The quantitative estimate of drug-likeness (QED) is 0.355. The molecule has 0 heterocycles. The highest BCUT2D eigenvalue weighted by Gasteiger charge is 2.79. The molecule has 196 valence electrons. The van der Waals surface area contributed by atoms with Gasteiger partial charge in [0.25, 0.3) is 0 Å². The Kier molecular flexibility index (Phi) is 7.56. The molecular weight excluding hydrogens is 542 g/mol. The van der Waals surface area contributed by atoms with Crippen LogP contribution in [0.2, 0.25) is 0 Å². The summed E-state index contributed by atoms with van der Waals surface area (Å²) in [6.45, 7) is 0. The van der Waals surface area contributed by atoms with Crippen LogP contribution in [0.1, 0.15) is 0 Å². The van der Waals surface area contributed by atoms with Crippen molar-refractivity contribution in [2.45, 2.75) is 48.6 Å². The van der Waals surface area contributed by atoms with Gasteiger partial charge in [-0.1, -0.05) is 0 Å². The van der Waals surface area contributed by atoms with Gasteiger partial charge in [0.05, 0.1) is 0 Å². The Bertz CT molecular complexity index is 652. The highest BCUT2D eigenvalue weighted by molar-refractivity contribution is 5.79. The summed E-state index contributed by atoms with van der Waals surface area (Å²) in [5, 5.41) is 0. The van der Waals surface area contributed by atoms with Crippen molar-refractivity contribution in [1.29, 1.82) is 0 Å². The molecule has 0 aromatic rings. The molecule has 0 atom stereocenters. The summed E-state index contributed by atoms with van der Waals surface area (Å²) >= 11 is 0. The normalized spacial score (nSPS) is 15.3. The first-order valence-electron chi connectivity index (χ1n) is 6.53. The van der Waals surface area contributed by atoms with Crippen LogP contribution in [-0.2, 0) is 23.8 Å². The van der Waals surface area contributed by atoms with Crippen LogP contribution in [0.25, 0.3) is 0 Å². The van der Waals surface area contributed by atoms with Gasteiger partial charge in [-0.15, -0.1) is 0 Å². The zero-order valence-electron chi connectivity index (χ0n) is 13.8. The fourth-order valence-corrected chi connectivity index (χ4v) is 1.17. The van der Waals surface area contributed by atoms with Crippen molar-refractivity contribution in [1.82, 2.24) is 0 Å². The predicted molar refractivity (Wildman–Crippen MR) is 55.1 cm³/mol. The number of ether oxygens (including phenoxy) is 3. The number of carbonyl (C=O) groups is 2. The van der Waals surface area contributed by atoms with Gasteiger partial charge in [0.2, 0.25) is 0 Å². The van der Waals surface area contributed by atoms with Gasteiger partial charge in [-0.05, 0) is 0 Å².